The molecule has 2 fully saturated rings. The summed E-state index contributed by atoms with van der Waals surface area (Å²) >= 11 is 0. The molecule has 0 radical (unpaired) electrons. The van der Waals surface area contributed by atoms with Gasteiger partial charge in [0.1, 0.15) is 5.82 Å². The van der Waals surface area contributed by atoms with Crippen LogP contribution in [0.3, 0.4) is 0 Å². The Bertz CT molecular complexity index is 523. The summed E-state index contributed by atoms with van der Waals surface area (Å²) in [5.74, 6) is 1.39. The Morgan fingerprint density at radius 3 is 2.75 bits per heavy atom. The summed E-state index contributed by atoms with van der Waals surface area (Å²) in [6.07, 6.45) is 8.94. The van der Waals surface area contributed by atoms with Crippen LogP contribution in [-0.2, 0) is 11.3 Å². The highest BCUT2D eigenvalue weighted by atomic mass is 16.1. The molecule has 1 aromatic rings. The van der Waals surface area contributed by atoms with Crippen LogP contribution in [0.1, 0.15) is 51.0 Å². The maximum atomic E-state index is 12.3. The molecule has 0 aliphatic carbocycles. The molecule has 2 aliphatic heterocycles. The second kappa shape index (κ2) is 8.47. The number of aromatic nitrogens is 1. The first kappa shape index (κ1) is 17.2. The van der Waals surface area contributed by atoms with E-state index in [0.29, 0.717) is 12.6 Å². The van der Waals surface area contributed by atoms with Crippen molar-refractivity contribution in [3.63, 3.8) is 0 Å². The SMILES string of the molecule is C[C@H]1C[C@@H](C(=O)NCc2ccc(N3CCCCCC3)nc2)CCN1. The first-order valence-electron chi connectivity index (χ1n) is 9.43. The van der Waals surface area contributed by atoms with E-state index in [1.807, 2.05) is 6.20 Å². The van der Waals surface area contributed by atoms with Gasteiger partial charge >= 0.3 is 0 Å². The third-order valence-corrected chi connectivity index (χ3v) is 5.20. The van der Waals surface area contributed by atoms with Crippen LogP contribution in [0, 0.1) is 5.92 Å². The standard InChI is InChI=1S/C19H30N4O/c1-15-12-17(8-9-20-15)19(24)22-14-16-6-7-18(21-13-16)23-10-4-2-3-5-11-23/h6-7,13,15,17,20H,2-5,8-12,14H2,1H3,(H,22,24)/t15-,17-/m0/s1. The highest BCUT2D eigenvalue weighted by Gasteiger charge is 2.24. The Kier molecular flexibility index (Phi) is 6.07. The summed E-state index contributed by atoms with van der Waals surface area (Å²) < 4.78 is 0. The number of hydrogen-bond acceptors (Lipinski definition) is 4. The van der Waals surface area contributed by atoms with Crippen LogP contribution >= 0.6 is 0 Å². The normalized spacial score (nSPS) is 25.1. The van der Waals surface area contributed by atoms with Gasteiger partial charge in [-0.25, -0.2) is 4.98 Å². The molecular formula is C19H30N4O. The van der Waals surface area contributed by atoms with E-state index in [0.717, 1.165) is 43.9 Å². The number of amides is 1. The number of piperidine rings is 1. The van der Waals surface area contributed by atoms with Crippen molar-refractivity contribution in [1.29, 1.82) is 0 Å². The maximum absolute atomic E-state index is 12.3. The predicted molar refractivity (Wildman–Crippen MR) is 97.0 cm³/mol. The van der Waals surface area contributed by atoms with Crippen molar-refractivity contribution in [2.75, 3.05) is 24.5 Å². The van der Waals surface area contributed by atoms with Crippen molar-refractivity contribution < 1.29 is 4.79 Å². The van der Waals surface area contributed by atoms with Crippen molar-refractivity contribution in [2.45, 2.75) is 58.0 Å². The largest absolute Gasteiger partial charge is 0.357 e. The van der Waals surface area contributed by atoms with Crippen molar-refractivity contribution >= 4 is 11.7 Å². The molecule has 2 saturated heterocycles. The van der Waals surface area contributed by atoms with E-state index in [1.165, 1.54) is 25.7 Å². The van der Waals surface area contributed by atoms with E-state index in [1.54, 1.807) is 0 Å². The van der Waals surface area contributed by atoms with E-state index >= 15 is 0 Å². The maximum Gasteiger partial charge on any atom is 0.223 e. The Hall–Kier alpha value is -1.62. The van der Waals surface area contributed by atoms with Crippen molar-refractivity contribution in [1.82, 2.24) is 15.6 Å². The van der Waals surface area contributed by atoms with E-state index in [9.17, 15) is 4.79 Å². The molecule has 0 saturated carbocycles. The van der Waals surface area contributed by atoms with Gasteiger partial charge in [0.25, 0.3) is 0 Å². The molecule has 24 heavy (non-hydrogen) atoms. The Morgan fingerprint density at radius 2 is 2.08 bits per heavy atom. The second-order valence-corrected chi connectivity index (χ2v) is 7.22. The molecule has 1 aromatic heterocycles. The van der Waals surface area contributed by atoms with Gasteiger partial charge in [-0.2, -0.15) is 0 Å². The molecule has 0 unspecified atom stereocenters. The van der Waals surface area contributed by atoms with Crippen molar-refractivity contribution in [2.24, 2.45) is 5.92 Å². The molecule has 1 amide bonds. The van der Waals surface area contributed by atoms with Crippen LogP contribution in [0.4, 0.5) is 5.82 Å². The highest BCUT2D eigenvalue weighted by molar-refractivity contribution is 5.78. The zero-order chi connectivity index (χ0) is 16.8. The van der Waals surface area contributed by atoms with Crippen LogP contribution in [0.5, 0.6) is 0 Å². The monoisotopic (exact) mass is 330 g/mol. The molecular weight excluding hydrogens is 300 g/mol. The number of nitrogens with one attached hydrogen (secondary N) is 2. The number of nitrogens with zero attached hydrogens (tertiary/aromatic N) is 2. The fourth-order valence-electron chi connectivity index (χ4n) is 3.71. The minimum atomic E-state index is 0.144. The van der Waals surface area contributed by atoms with E-state index in [-0.39, 0.29) is 11.8 Å². The molecule has 5 nitrogen and oxygen atoms in total. The second-order valence-electron chi connectivity index (χ2n) is 7.22. The average molecular weight is 330 g/mol. The molecule has 2 aliphatic rings. The smallest absolute Gasteiger partial charge is 0.223 e. The van der Waals surface area contributed by atoms with E-state index in [2.05, 4.69) is 39.6 Å². The van der Waals surface area contributed by atoms with E-state index < -0.39 is 0 Å². The Labute approximate surface area is 145 Å². The van der Waals surface area contributed by atoms with Gasteiger partial charge in [-0.15, -0.1) is 0 Å². The molecule has 5 heteroatoms. The number of hydrogen-bond donors (Lipinski definition) is 2. The van der Waals surface area contributed by atoms with Gasteiger partial charge in [0, 0.05) is 37.8 Å². The molecule has 0 aromatic carbocycles. The lowest BCUT2D eigenvalue weighted by atomic mass is 9.92. The minimum Gasteiger partial charge on any atom is -0.357 e. The molecule has 0 spiro atoms. The van der Waals surface area contributed by atoms with Crippen molar-refractivity contribution in [3.05, 3.63) is 23.9 Å². The lowest BCUT2D eigenvalue weighted by Gasteiger charge is -2.27. The number of carbonyl (C=O) groups is 1. The summed E-state index contributed by atoms with van der Waals surface area (Å²) in [7, 11) is 0. The number of rotatable bonds is 4. The third kappa shape index (κ3) is 4.69. The minimum absolute atomic E-state index is 0.144. The summed E-state index contributed by atoms with van der Waals surface area (Å²) in [5, 5.41) is 6.47. The number of pyridine rings is 1. The lowest BCUT2D eigenvalue weighted by molar-refractivity contribution is -0.126. The van der Waals surface area contributed by atoms with Crippen LogP contribution in [0.25, 0.3) is 0 Å². The molecule has 3 rings (SSSR count). The van der Waals surface area contributed by atoms with Crippen LogP contribution in [0.2, 0.25) is 0 Å². The van der Waals surface area contributed by atoms with Crippen molar-refractivity contribution in [3.8, 4) is 0 Å². The van der Waals surface area contributed by atoms with Gasteiger partial charge < -0.3 is 15.5 Å². The van der Waals surface area contributed by atoms with Crippen LogP contribution < -0.4 is 15.5 Å². The average Bonchev–Trinajstić information content (AvgIpc) is 2.89. The van der Waals surface area contributed by atoms with Crippen LogP contribution in [0.15, 0.2) is 18.3 Å². The molecule has 2 atom stereocenters. The number of carbonyl (C=O) groups excluding carboxylic acids is 1. The van der Waals surface area contributed by atoms with Gasteiger partial charge in [0.05, 0.1) is 0 Å². The van der Waals surface area contributed by atoms with Gasteiger partial charge in [0.2, 0.25) is 5.91 Å². The predicted octanol–water partition coefficient (Wildman–Crippen LogP) is 2.47. The van der Waals surface area contributed by atoms with Crippen LogP contribution in [-0.4, -0.2) is 36.6 Å². The zero-order valence-electron chi connectivity index (χ0n) is 14.8. The fourth-order valence-corrected chi connectivity index (χ4v) is 3.71. The summed E-state index contributed by atoms with van der Waals surface area (Å²) in [6.45, 7) is 5.87. The zero-order valence-corrected chi connectivity index (χ0v) is 14.8. The Morgan fingerprint density at radius 1 is 1.29 bits per heavy atom. The molecule has 132 valence electrons. The summed E-state index contributed by atoms with van der Waals surface area (Å²) in [6, 6.07) is 4.63. The fraction of sp³-hybridized carbons (Fsp3) is 0.684. The molecule has 3 heterocycles. The van der Waals surface area contributed by atoms with Gasteiger partial charge in [-0.05, 0) is 50.8 Å². The quantitative estimate of drug-likeness (QED) is 0.890. The topological polar surface area (TPSA) is 57.3 Å². The summed E-state index contributed by atoms with van der Waals surface area (Å²) in [5.41, 5.74) is 1.07. The third-order valence-electron chi connectivity index (χ3n) is 5.20. The number of anilines is 1. The summed E-state index contributed by atoms with van der Waals surface area (Å²) in [4.78, 5) is 19.3. The lowest BCUT2D eigenvalue weighted by Crippen LogP contribution is -2.42. The highest BCUT2D eigenvalue weighted by Crippen LogP contribution is 2.18. The first-order valence-corrected chi connectivity index (χ1v) is 9.43. The van der Waals surface area contributed by atoms with Gasteiger partial charge in [-0.1, -0.05) is 18.9 Å². The van der Waals surface area contributed by atoms with E-state index in [4.69, 9.17) is 0 Å². The first-order chi connectivity index (χ1) is 11.7. The van der Waals surface area contributed by atoms with Gasteiger partial charge in [0.15, 0.2) is 0 Å². The molecule has 2 N–H and O–H groups in total. The van der Waals surface area contributed by atoms with Gasteiger partial charge in [-0.3, -0.25) is 4.79 Å². The Balaban J connectivity index is 1.49. The molecule has 0 bridgehead atoms.